The number of aliphatic hydroxyl groups is 2. The zero-order valence-corrected chi connectivity index (χ0v) is 22.2. The predicted molar refractivity (Wildman–Crippen MR) is 151 cm³/mol. The van der Waals surface area contributed by atoms with Crippen molar-refractivity contribution in [2.24, 2.45) is 5.92 Å². The predicted octanol–water partition coefficient (Wildman–Crippen LogP) is 7.38. The fourth-order valence-electron chi connectivity index (χ4n) is 4.70. The highest BCUT2D eigenvalue weighted by atomic mass is 16.6. The van der Waals surface area contributed by atoms with E-state index < -0.39 is 6.29 Å². The van der Waals surface area contributed by atoms with Crippen LogP contribution in [-0.2, 0) is 24.0 Å². The molecule has 192 valence electrons. The second-order valence-corrected chi connectivity index (χ2v) is 9.81. The first-order valence-corrected chi connectivity index (χ1v) is 13.3. The van der Waals surface area contributed by atoms with E-state index in [1.165, 1.54) is 45.4 Å². The second-order valence-electron chi connectivity index (χ2n) is 9.81. The van der Waals surface area contributed by atoms with Crippen LogP contribution in [-0.4, -0.2) is 29.7 Å². The monoisotopic (exact) mass is 486 g/mol. The van der Waals surface area contributed by atoms with Crippen molar-refractivity contribution in [3.05, 3.63) is 95.6 Å². The van der Waals surface area contributed by atoms with E-state index in [0.29, 0.717) is 18.1 Å². The Morgan fingerprint density at radius 1 is 0.861 bits per heavy atom. The standard InChI is InChI=1S/C33H42O3/c1-5-7-25-8-11-29(12-9-25)30-13-15-31(16-14-30)32-17-10-27(23-28(32)6-2)22-26(18-20-34)19-21-36-33(35)24(3)4/h8-17,23,26,33-35H,3,5-7,18-22H2,1-2,4H3. The van der Waals surface area contributed by atoms with E-state index in [9.17, 15) is 10.2 Å². The molecule has 0 spiro atoms. The van der Waals surface area contributed by atoms with Gasteiger partial charge in [-0.15, -0.1) is 0 Å². The lowest BCUT2D eigenvalue weighted by molar-refractivity contribution is -0.0756. The Labute approximate surface area is 217 Å². The van der Waals surface area contributed by atoms with Gasteiger partial charge in [-0.2, -0.15) is 0 Å². The van der Waals surface area contributed by atoms with Gasteiger partial charge in [-0.1, -0.05) is 93.6 Å². The number of ether oxygens (including phenoxy) is 1. The summed E-state index contributed by atoms with van der Waals surface area (Å²) in [6, 6.07) is 24.6. The molecule has 0 aliphatic rings. The van der Waals surface area contributed by atoms with Gasteiger partial charge in [0.1, 0.15) is 0 Å². The number of aryl methyl sites for hydroxylation is 2. The molecule has 2 unspecified atom stereocenters. The molecular weight excluding hydrogens is 444 g/mol. The van der Waals surface area contributed by atoms with Crippen molar-refractivity contribution in [2.45, 2.75) is 65.6 Å². The van der Waals surface area contributed by atoms with Crippen molar-refractivity contribution in [1.29, 1.82) is 0 Å². The molecule has 36 heavy (non-hydrogen) atoms. The summed E-state index contributed by atoms with van der Waals surface area (Å²) in [6.07, 6.45) is 4.73. The fourth-order valence-corrected chi connectivity index (χ4v) is 4.70. The van der Waals surface area contributed by atoms with Crippen LogP contribution in [0.3, 0.4) is 0 Å². The molecule has 3 aromatic rings. The number of aliphatic hydroxyl groups excluding tert-OH is 2. The smallest absolute Gasteiger partial charge is 0.176 e. The summed E-state index contributed by atoms with van der Waals surface area (Å²) in [5, 5.41) is 19.4. The average molecular weight is 487 g/mol. The van der Waals surface area contributed by atoms with Gasteiger partial charge in [-0.3, -0.25) is 0 Å². The maximum atomic E-state index is 9.81. The van der Waals surface area contributed by atoms with Gasteiger partial charge in [-0.25, -0.2) is 0 Å². The largest absolute Gasteiger partial charge is 0.396 e. The molecule has 3 aromatic carbocycles. The summed E-state index contributed by atoms with van der Waals surface area (Å²) in [5.74, 6) is 0.297. The van der Waals surface area contributed by atoms with Crippen molar-refractivity contribution in [3.8, 4) is 22.3 Å². The SMILES string of the molecule is C=C(C)C(O)OCCC(CCO)Cc1ccc(-c2ccc(-c3ccc(CCC)cc3)cc2)c(CC)c1. The molecule has 0 aliphatic carbocycles. The summed E-state index contributed by atoms with van der Waals surface area (Å²) in [7, 11) is 0. The summed E-state index contributed by atoms with van der Waals surface area (Å²) < 4.78 is 5.47. The lowest BCUT2D eigenvalue weighted by Gasteiger charge is -2.19. The first-order chi connectivity index (χ1) is 17.4. The zero-order valence-electron chi connectivity index (χ0n) is 22.2. The Kier molecular flexibility index (Phi) is 10.9. The second kappa shape index (κ2) is 14.1. The Morgan fingerprint density at radius 3 is 2.06 bits per heavy atom. The van der Waals surface area contributed by atoms with E-state index >= 15 is 0 Å². The summed E-state index contributed by atoms with van der Waals surface area (Å²) in [5.41, 5.74) is 9.61. The zero-order chi connectivity index (χ0) is 25.9. The van der Waals surface area contributed by atoms with Crippen LogP contribution in [0.15, 0.2) is 78.9 Å². The molecule has 0 radical (unpaired) electrons. The third kappa shape index (κ3) is 7.89. The molecule has 0 saturated carbocycles. The molecule has 0 bridgehead atoms. The highest BCUT2D eigenvalue weighted by Gasteiger charge is 2.13. The molecule has 3 heteroatoms. The summed E-state index contributed by atoms with van der Waals surface area (Å²) in [4.78, 5) is 0. The van der Waals surface area contributed by atoms with Crippen LogP contribution in [0, 0.1) is 5.92 Å². The summed E-state index contributed by atoms with van der Waals surface area (Å²) in [6.45, 7) is 10.5. The molecule has 3 nitrogen and oxygen atoms in total. The Bertz CT molecular complexity index is 1080. The topological polar surface area (TPSA) is 49.7 Å². The third-order valence-electron chi connectivity index (χ3n) is 6.86. The van der Waals surface area contributed by atoms with Gasteiger partial charge < -0.3 is 14.9 Å². The highest BCUT2D eigenvalue weighted by Crippen LogP contribution is 2.30. The van der Waals surface area contributed by atoms with Crippen molar-refractivity contribution in [2.75, 3.05) is 13.2 Å². The molecule has 0 heterocycles. The van der Waals surface area contributed by atoms with E-state index in [0.717, 1.165) is 32.1 Å². The minimum atomic E-state index is -0.919. The normalized spacial score (nSPS) is 12.9. The van der Waals surface area contributed by atoms with Gasteiger partial charge in [-0.05, 0) is 89.5 Å². The van der Waals surface area contributed by atoms with Crippen molar-refractivity contribution in [3.63, 3.8) is 0 Å². The Morgan fingerprint density at radius 2 is 1.47 bits per heavy atom. The first-order valence-electron chi connectivity index (χ1n) is 13.3. The Balaban J connectivity index is 1.70. The van der Waals surface area contributed by atoms with Crippen LogP contribution in [0.25, 0.3) is 22.3 Å². The molecule has 0 saturated heterocycles. The number of hydrogen-bond acceptors (Lipinski definition) is 3. The maximum absolute atomic E-state index is 9.81. The van der Waals surface area contributed by atoms with Gasteiger partial charge in [0, 0.05) is 6.61 Å². The minimum Gasteiger partial charge on any atom is -0.396 e. The summed E-state index contributed by atoms with van der Waals surface area (Å²) >= 11 is 0. The van der Waals surface area contributed by atoms with Crippen molar-refractivity contribution >= 4 is 0 Å². The van der Waals surface area contributed by atoms with Crippen LogP contribution in [0.4, 0.5) is 0 Å². The number of rotatable bonds is 14. The van der Waals surface area contributed by atoms with Gasteiger partial charge in [0.05, 0.1) is 6.61 Å². The molecule has 2 N–H and O–H groups in total. The van der Waals surface area contributed by atoms with Gasteiger partial charge in [0.25, 0.3) is 0 Å². The van der Waals surface area contributed by atoms with E-state index in [1.54, 1.807) is 6.92 Å². The van der Waals surface area contributed by atoms with Crippen LogP contribution in [0.2, 0.25) is 0 Å². The van der Waals surface area contributed by atoms with Crippen LogP contribution in [0.1, 0.15) is 56.7 Å². The lowest BCUT2D eigenvalue weighted by atomic mass is 9.89. The Hall–Kier alpha value is -2.72. The van der Waals surface area contributed by atoms with Crippen LogP contribution >= 0.6 is 0 Å². The molecule has 2 atom stereocenters. The van der Waals surface area contributed by atoms with Crippen LogP contribution < -0.4 is 0 Å². The average Bonchev–Trinajstić information content (AvgIpc) is 2.89. The molecule has 3 rings (SSSR count). The third-order valence-corrected chi connectivity index (χ3v) is 6.86. The maximum Gasteiger partial charge on any atom is 0.176 e. The van der Waals surface area contributed by atoms with Gasteiger partial charge >= 0.3 is 0 Å². The van der Waals surface area contributed by atoms with Gasteiger partial charge in [0.15, 0.2) is 6.29 Å². The lowest BCUT2D eigenvalue weighted by Crippen LogP contribution is -2.17. The molecular formula is C33H42O3. The minimum absolute atomic E-state index is 0.153. The molecule has 0 aliphatic heterocycles. The number of benzene rings is 3. The van der Waals surface area contributed by atoms with Crippen molar-refractivity contribution < 1.29 is 14.9 Å². The van der Waals surface area contributed by atoms with Crippen molar-refractivity contribution in [1.82, 2.24) is 0 Å². The molecule has 0 amide bonds. The van der Waals surface area contributed by atoms with E-state index in [4.69, 9.17) is 4.74 Å². The van der Waals surface area contributed by atoms with E-state index in [-0.39, 0.29) is 6.61 Å². The molecule has 0 fully saturated rings. The van der Waals surface area contributed by atoms with E-state index in [1.807, 2.05) is 0 Å². The fraction of sp³-hybridized carbons (Fsp3) is 0.394. The number of hydrogen-bond donors (Lipinski definition) is 2. The van der Waals surface area contributed by atoms with Gasteiger partial charge in [0.2, 0.25) is 0 Å². The quantitative estimate of drug-likeness (QED) is 0.185. The highest BCUT2D eigenvalue weighted by molar-refractivity contribution is 5.72. The van der Waals surface area contributed by atoms with E-state index in [2.05, 4.69) is 87.2 Å². The molecule has 0 aromatic heterocycles. The van der Waals surface area contributed by atoms with Crippen LogP contribution in [0.5, 0.6) is 0 Å². The first kappa shape index (κ1) is 27.9.